The van der Waals surface area contributed by atoms with Gasteiger partial charge in [-0.15, -0.1) is 0 Å². The molecule has 0 unspecified atom stereocenters. The van der Waals surface area contributed by atoms with Gasteiger partial charge in [0.1, 0.15) is 6.54 Å². The number of halogens is 1. The highest BCUT2D eigenvalue weighted by Crippen LogP contribution is 2.29. The minimum Gasteiger partial charge on any atom is -0.452 e. The summed E-state index contributed by atoms with van der Waals surface area (Å²) in [6.45, 7) is -0.858. The number of hydrogen-bond donors (Lipinski definition) is 2. The number of nitrogens with zero attached hydrogens (tertiary/aromatic N) is 1. The molecule has 0 aromatic heterocycles. The van der Waals surface area contributed by atoms with E-state index in [4.69, 9.17) is 16.3 Å². The number of ether oxygens (including phenoxy) is 1. The fraction of sp³-hybridized carbons (Fsp3) is 0.0870. The number of nitrogens with one attached hydrogen (secondary N) is 2. The Bertz CT molecular complexity index is 1380. The average Bonchev–Trinajstić information content (AvgIpc) is 2.82. The zero-order valence-electron chi connectivity index (χ0n) is 17.5. The van der Waals surface area contributed by atoms with Gasteiger partial charge in [-0.05, 0) is 48.5 Å². The zero-order chi connectivity index (χ0) is 24.3. The molecule has 4 rings (SSSR count). The summed E-state index contributed by atoms with van der Waals surface area (Å²) in [7, 11) is -4.01. The van der Waals surface area contributed by atoms with E-state index < -0.39 is 28.5 Å². The molecule has 1 heterocycles. The van der Waals surface area contributed by atoms with Crippen molar-refractivity contribution in [1.29, 1.82) is 0 Å². The molecular weight excluding hydrogens is 482 g/mol. The van der Waals surface area contributed by atoms with Gasteiger partial charge in [0.2, 0.25) is 5.91 Å². The Morgan fingerprint density at radius 2 is 1.68 bits per heavy atom. The minimum atomic E-state index is -4.01. The van der Waals surface area contributed by atoms with Crippen LogP contribution in [-0.4, -0.2) is 39.4 Å². The highest BCUT2D eigenvalue weighted by Gasteiger charge is 2.28. The van der Waals surface area contributed by atoms with Gasteiger partial charge in [-0.25, -0.2) is 13.2 Å². The molecule has 0 aliphatic carbocycles. The summed E-state index contributed by atoms with van der Waals surface area (Å²) < 4.78 is 32.9. The lowest BCUT2D eigenvalue weighted by atomic mass is 10.2. The molecule has 0 bridgehead atoms. The summed E-state index contributed by atoms with van der Waals surface area (Å²) in [4.78, 5) is 38.5. The van der Waals surface area contributed by atoms with Gasteiger partial charge in [-0.3, -0.25) is 19.2 Å². The van der Waals surface area contributed by atoms with Crippen molar-refractivity contribution in [1.82, 2.24) is 0 Å². The zero-order valence-corrected chi connectivity index (χ0v) is 19.1. The van der Waals surface area contributed by atoms with E-state index in [0.717, 1.165) is 0 Å². The Morgan fingerprint density at radius 3 is 2.44 bits per heavy atom. The number of sulfonamides is 1. The van der Waals surface area contributed by atoms with E-state index in [1.807, 2.05) is 0 Å². The van der Waals surface area contributed by atoms with Crippen LogP contribution in [0.3, 0.4) is 0 Å². The van der Waals surface area contributed by atoms with Crippen molar-refractivity contribution in [3.05, 3.63) is 83.4 Å². The third-order valence-electron chi connectivity index (χ3n) is 4.91. The van der Waals surface area contributed by atoms with E-state index in [1.54, 1.807) is 30.3 Å². The Morgan fingerprint density at radius 1 is 1.00 bits per heavy atom. The van der Waals surface area contributed by atoms with Gasteiger partial charge in [0.15, 0.2) is 6.61 Å². The summed E-state index contributed by atoms with van der Waals surface area (Å²) in [5.74, 6) is -1.88. The molecule has 0 radical (unpaired) electrons. The van der Waals surface area contributed by atoms with Crippen LogP contribution in [0, 0.1) is 0 Å². The molecule has 11 heteroatoms. The number of amides is 2. The summed E-state index contributed by atoms with van der Waals surface area (Å²) in [6, 6.07) is 18.1. The van der Waals surface area contributed by atoms with Crippen LogP contribution in [0.5, 0.6) is 0 Å². The third kappa shape index (κ3) is 5.03. The van der Waals surface area contributed by atoms with Crippen LogP contribution >= 0.6 is 11.6 Å². The molecule has 3 aromatic rings. The Labute approximate surface area is 200 Å². The van der Waals surface area contributed by atoms with Crippen molar-refractivity contribution in [2.24, 2.45) is 0 Å². The SMILES string of the molecule is O=C1CN(C(=O)COC(=O)c2ccccc2NS(=O)(=O)c2ccc(Cl)cc2)c2ccccc2N1. The second kappa shape index (κ2) is 9.54. The summed E-state index contributed by atoms with van der Waals surface area (Å²) >= 11 is 5.81. The summed E-state index contributed by atoms with van der Waals surface area (Å²) in [5.41, 5.74) is 0.863. The van der Waals surface area contributed by atoms with Gasteiger partial charge < -0.3 is 10.1 Å². The van der Waals surface area contributed by atoms with Crippen molar-refractivity contribution in [3.63, 3.8) is 0 Å². The van der Waals surface area contributed by atoms with Gasteiger partial charge in [0, 0.05) is 5.02 Å². The average molecular weight is 500 g/mol. The first kappa shape index (κ1) is 23.3. The van der Waals surface area contributed by atoms with E-state index in [9.17, 15) is 22.8 Å². The predicted molar refractivity (Wildman–Crippen MR) is 126 cm³/mol. The number of para-hydroxylation sites is 3. The van der Waals surface area contributed by atoms with Gasteiger partial charge in [-0.2, -0.15) is 0 Å². The number of rotatable bonds is 6. The molecule has 1 aliphatic heterocycles. The maximum absolute atomic E-state index is 12.7. The normalized spacial score (nSPS) is 13.0. The van der Waals surface area contributed by atoms with E-state index in [1.165, 1.54) is 47.4 Å². The molecule has 3 aromatic carbocycles. The van der Waals surface area contributed by atoms with E-state index >= 15 is 0 Å². The number of carbonyl (C=O) groups is 3. The molecule has 2 N–H and O–H groups in total. The van der Waals surface area contributed by atoms with Crippen LogP contribution in [-0.2, 0) is 24.3 Å². The third-order valence-corrected chi connectivity index (χ3v) is 6.55. The second-order valence-electron chi connectivity index (χ2n) is 7.23. The molecule has 0 atom stereocenters. The first-order chi connectivity index (χ1) is 16.2. The molecule has 0 fully saturated rings. The fourth-order valence-electron chi connectivity index (χ4n) is 3.31. The van der Waals surface area contributed by atoms with Crippen molar-refractivity contribution in [3.8, 4) is 0 Å². The van der Waals surface area contributed by atoms with Crippen LogP contribution < -0.4 is 14.9 Å². The Hall–Kier alpha value is -3.89. The number of carbonyl (C=O) groups excluding carboxylic acids is 3. The highest BCUT2D eigenvalue weighted by molar-refractivity contribution is 7.92. The topological polar surface area (TPSA) is 122 Å². The number of anilines is 3. The number of fused-ring (bicyclic) bond motifs is 1. The van der Waals surface area contributed by atoms with Crippen LogP contribution in [0.1, 0.15) is 10.4 Å². The molecule has 0 spiro atoms. The van der Waals surface area contributed by atoms with E-state index in [-0.39, 0.29) is 28.6 Å². The van der Waals surface area contributed by atoms with Crippen molar-refractivity contribution in [2.75, 3.05) is 28.1 Å². The van der Waals surface area contributed by atoms with Crippen LogP contribution in [0.15, 0.2) is 77.7 Å². The molecular formula is C23H18ClN3O6S. The number of benzene rings is 3. The monoisotopic (exact) mass is 499 g/mol. The Balaban J connectivity index is 1.48. The molecule has 174 valence electrons. The largest absolute Gasteiger partial charge is 0.452 e. The lowest BCUT2D eigenvalue weighted by molar-refractivity contribution is -0.124. The van der Waals surface area contributed by atoms with Gasteiger partial charge >= 0.3 is 5.97 Å². The number of hydrogen-bond acceptors (Lipinski definition) is 6. The Kier molecular flexibility index (Phi) is 6.53. The molecule has 0 saturated heterocycles. The molecule has 2 amide bonds. The first-order valence-electron chi connectivity index (χ1n) is 9.98. The summed E-state index contributed by atoms with van der Waals surface area (Å²) in [6.07, 6.45) is 0. The predicted octanol–water partition coefficient (Wildman–Crippen LogP) is 3.28. The van der Waals surface area contributed by atoms with Gasteiger partial charge in [0.25, 0.3) is 15.9 Å². The smallest absolute Gasteiger partial charge is 0.340 e. The highest BCUT2D eigenvalue weighted by atomic mass is 35.5. The molecule has 9 nitrogen and oxygen atoms in total. The van der Waals surface area contributed by atoms with Crippen LogP contribution in [0.4, 0.5) is 17.1 Å². The first-order valence-corrected chi connectivity index (χ1v) is 11.8. The fourth-order valence-corrected chi connectivity index (χ4v) is 4.51. The minimum absolute atomic E-state index is 0.0161. The van der Waals surface area contributed by atoms with E-state index in [0.29, 0.717) is 16.4 Å². The number of esters is 1. The molecule has 34 heavy (non-hydrogen) atoms. The van der Waals surface area contributed by atoms with Gasteiger partial charge in [0.05, 0.1) is 27.5 Å². The molecule has 1 aliphatic rings. The quantitative estimate of drug-likeness (QED) is 0.502. The lowest BCUT2D eigenvalue weighted by Crippen LogP contribution is -2.44. The van der Waals surface area contributed by atoms with Crippen molar-refractivity contribution >= 4 is 56.5 Å². The lowest BCUT2D eigenvalue weighted by Gasteiger charge is -2.28. The summed E-state index contributed by atoms with van der Waals surface area (Å²) in [5, 5.41) is 3.04. The molecule has 0 saturated carbocycles. The van der Waals surface area contributed by atoms with Crippen molar-refractivity contribution in [2.45, 2.75) is 4.90 Å². The van der Waals surface area contributed by atoms with E-state index in [2.05, 4.69) is 10.0 Å². The maximum atomic E-state index is 12.7. The van der Waals surface area contributed by atoms with Crippen molar-refractivity contribution < 1.29 is 27.5 Å². The van der Waals surface area contributed by atoms with Crippen LogP contribution in [0.2, 0.25) is 5.02 Å². The maximum Gasteiger partial charge on any atom is 0.340 e. The second-order valence-corrected chi connectivity index (χ2v) is 9.35. The van der Waals surface area contributed by atoms with Crippen LogP contribution in [0.25, 0.3) is 0 Å². The van der Waals surface area contributed by atoms with Gasteiger partial charge in [-0.1, -0.05) is 35.9 Å². The standard InChI is InChI=1S/C23H18ClN3O6S/c24-15-9-11-16(12-10-15)34(31,32)26-18-6-2-1-5-17(18)23(30)33-14-22(29)27-13-21(28)25-19-7-3-4-8-20(19)27/h1-12,26H,13-14H2,(H,25,28).